The Morgan fingerprint density at radius 1 is 1.03 bits per heavy atom. The van der Waals surface area contributed by atoms with Crippen molar-refractivity contribution in [3.63, 3.8) is 0 Å². The van der Waals surface area contributed by atoms with Crippen LogP contribution in [0, 0.1) is 0 Å². The Morgan fingerprint density at radius 2 is 1.84 bits per heavy atom. The minimum atomic E-state index is -4.30. The van der Waals surface area contributed by atoms with Gasteiger partial charge in [0.2, 0.25) is 0 Å². The van der Waals surface area contributed by atoms with Crippen molar-refractivity contribution in [1.82, 2.24) is 9.97 Å². The summed E-state index contributed by atoms with van der Waals surface area (Å²) in [6.45, 7) is 1.08. The number of anilines is 1. The Bertz CT molecular complexity index is 1190. The Labute approximate surface area is 188 Å². The second kappa shape index (κ2) is 9.67. The molecule has 4 aromatic rings. The van der Waals surface area contributed by atoms with E-state index in [0.29, 0.717) is 19.6 Å². The predicted molar refractivity (Wildman–Crippen MR) is 122 cm³/mol. The number of halogens is 3. The molecule has 4 nitrogen and oxygen atoms in total. The Hall–Kier alpha value is -2.97. The summed E-state index contributed by atoms with van der Waals surface area (Å²) in [5, 5.41) is 6.33. The molecule has 0 aliphatic rings. The first kappa shape index (κ1) is 22.2. The van der Waals surface area contributed by atoms with Gasteiger partial charge in [-0.2, -0.15) is 13.2 Å². The molecular formula is C24H22F3N3OS. The molecule has 2 heterocycles. The number of nitrogens with one attached hydrogen (secondary N) is 1. The van der Waals surface area contributed by atoms with Crippen LogP contribution in [0.1, 0.15) is 23.2 Å². The summed E-state index contributed by atoms with van der Waals surface area (Å²) in [7, 11) is 1.65. The lowest BCUT2D eigenvalue weighted by Gasteiger charge is -2.08. The van der Waals surface area contributed by atoms with Crippen molar-refractivity contribution in [2.24, 2.45) is 0 Å². The number of hydrogen-bond acceptors (Lipinski definition) is 5. The van der Waals surface area contributed by atoms with E-state index < -0.39 is 11.7 Å². The van der Waals surface area contributed by atoms with E-state index in [2.05, 4.69) is 27.4 Å². The maximum atomic E-state index is 12.7. The Morgan fingerprint density at radius 3 is 2.59 bits per heavy atom. The van der Waals surface area contributed by atoms with Gasteiger partial charge in [0, 0.05) is 31.4 Å². The lowest BCUT2D eigenvalue weighted by molar-refractivity contribution is -0.137. The van der Waals surface area contributed by atoms with Gasteiger partial charge in [0.1, 0.15) is 0 Å². The molecule has 0 radical (unpaired) electrons. The van der Waals surface area contributed by atoms with E-state index in [4.69, 9.17) is 4.74 Å². The van der Waals surface area contributed by atoms with E-state index in [1.807, 2.05) is 18.3 Å². The third-order valence-electron chi connectivity index (χ3n) is 5.08. The van der Waals surface area contributed by atoms with Crippen molar-refractivity contribution in [2.45, 2.75) is 25.6 Å². The molecule has 0 saturated heterocycles. The number of nitrogens with zero attached hydrogens (tertiary/aromatic N) is 2. The maximum Gasteiger partial charge on any atom is 0.416 e. The third kappa shape index (κ3) is 5.26. The van der Waals surface area contributed by atoms with Gasteiger partial charge in [0.15, 0.2) is 5.13 Å². The zero-order valence-corrected chi connectivity index (χ0v) is 18.3. The highest BCUT2D eigenvalue weighted by molar-refractivity contribution is 7.19. The molecule has 0 fully saturated rings. The van der Waals surface area contributed by atoms with Crippen LogP contribution < -0.4 is 5.32 Å². The summed E-state index contributed by atoms with van der Waals surface area (Å²) >= 11 is 1.57. The van der Waals surface area contributed by atoms with Gasteiger partial charge in [-0.1, -0.05) is 35.6 Å². The minimum absolute atomic E-state index is 0.410. The van der Waals surface area contributed by atoms with Gasteiger partial charge in [-0.3, -0.25) is 4.98 Å². The highest BCUT2D eigenvalue weighted by Crippen LogP contribution is 2.35. The topological polar surface area (TPSA) is 47.0 Å². The van der Waals surface area contributed by atoms with Crippen LogP contribution in [-0.4, -0.2) is 23.6 Å². The van der Waals surface area contributed by atoms with Crippen LogP contribution in [0.15, 0.2) is 60.9 Å². The summed E-state index contributed by atoms with van der Waals surface area (Å²) in [4.78, 5) is 9.89. The lowest BCUT2D eigenvalue weighted by Crippen LogP contribution is -2.05. The molecule has 0 aliphatic heterocycles. The fourth-order valence-electron chi connectivity index (χ4n) is 3.46. The number of pyridine rings is 1. The van der Waals surface area contributed by atoms with Gasteiger partial charge >= 0.3 is 6.18 Å². The molecule has 4 rings (SSSR count). The first-order valence-electron chi connectivity index (χ1n) is 10.2. The number of methoxy groups -OCH3 is 1. The van der Waals surface area contributed by atoms with Crippen molar-refractivity contribution in [3.8, 4) is 10.4 Å². The number of hydrogen-bond donors (Lipinski definition) is 1. The van der Waals surface area contributed by atoms with Gasteiger partial charge in [-0.05, 0) is 53.6 Å². The normalized spacial score (nSPS) is 11.8. The minimum Gasteiger partial charge on any atom is -0.378 e. The number of rotatable bonds is 8. The largest absolute Gasteiger partial charge is 0.416 e. The van der Waals surface area contributed by atoms with Crippen LogP contribution in [0.5, 0.6) is 0 Å². The van der Waals surface area contributed by atoms with Crippen molar-refractivity contribution < 1.29 is 17.9 Å². The van der Waals surface area contributed by atoms with Crippen molar-refractivity contribution in [2.75, 3.05) is 19.0 Å². The number of fused-ring (bicyclic) bond motifs is 1. The van der Waals surface area contributed by atoms with E-state index in [9.17, 15) is 13.2 Å². The van der Waals surface area contributed by atoms with Crippen molar-refractivity contribution in [3.05, 3.63) is 77.7 Å². The molecule has 0 spiro atoms. The second-order valence-corrected chi connectivity index (χ2v) is 8.39. The number of thiazole rings is 1. The van der Waals surface area contributed by atoms with Gasteiger partial charge in [0.05, 0.1) is 22.7 Å². The fraction of sp³-hybridized carbons (Fsp3) is 0.250. The molecule has 2 aromatic heterocycles. The van der Waals surface area contributed by atoms with E-state index in [1.54, 1.807) is 24.6 Å². The fourth-order valence-corrected chi connectivity index (χ4v) is 4.45. The zero-order valence-electron chi connectivity index (χ0n) is 17.4. The average Bonchev–Trinajstić information content (AvgIpc) is 3.19. The summed E-state index contributed by atoms with van der Waals surface area (Å²) in [6.07, 6.45) is 0.782. The summed E-state index contributed by atoms with van der Waals surface area (Å²) in [6, 6.07) is 13.6. The summed E-state index contributed by atoms with van der Waals surface area (Å²) in [5.41, 5.74) is 2.21. The lowest BCUT2D eigenvalue weighted by atomic mass is 10.1. The predicted octanol–water partition coefficient (Wildman–Crippen LogP) is 6.57. The highest BCUT2D eigenvalue weighted by atomic mass is 32.1. The molecular weight excluding hydrogens is 435 g/mol. The molecule has 8 heteroatoms. The number of aryl methyl sites for hydroxylation is 1. The molecule has 0 saturated carbocycles. The first-order chi connectivity index (χ1) is 15.4. The molecule has 0 unspecified atom stereocenters. The van der Waals surface area contributed by atoms with E-state index in [1.165, 1.54) is 12.1 Å². The molecule has 32 heavy (non-hydrogen) atoms. The Balaban J connectivity index is 1.41. The van der Waals surface area contributed by atoms with Crippen LogP contribution in [0.4, 0.5) is 18.3 Å². The number of alkyl halides is 3. The van der Waals surface area contributed by atoms with Gasteiger partial charge in [0.25, 0.3) is 0 Å². The van der Waals surface area contributed by atoms with Gasteiger partial charge in [-0.25, -0.2) is 4.98 Å². The van der Waals surface area contributed by atoms with Crippen LogP contribution in [0.25, 0.3) is 21.2 Å². The average molecular weight is 458 g/mol. The standard InChI is InChI=1S/C24H22F3N3OS/c1-31-15-21-22(18-6-7-19-14-28-12-10-17(19)13-18)32-23(30-21)29-11-2-3-16-4-8-20(9-5-16)24(25,26)27/h4-10,12-14H,2-3,11,15H2,1H3,(H,29,30). The van der Waals surface area contributed by atoms with E-state index in [0.717, 1.165) is 56.2 Å². The molecule has 0 aliphatic carbocycles. The van der Waals surface area contributed by atoms with Crippen molar-refractivity contribution in [1.29, 1.82) is 0 Å². The highest BCUT2D eigenvalue weighted by Gasteiger charge is 2.29. The molecule has 166 valence electrons. The SMILES string of the molecule is COCc1nc(NCCCc2ccc(C(F)(F)F)cc2)sc1-c1ccc2cnccc2c1. The van der Waals surface area contributed by atoms with Crippen LogP contribution in [-0.2, 0) is 23.9 Å². The van der Waals surface area contributed by atoms with E-state index >= 15 is 0 Å². The molecule has 1 N–H and O–H groups in total. The number of aromatic nitrogens is 2. The quantitative estimate of drug-likeness (QED) is 0.304. The maximum absolute atomic E-state index is 12.7. The molecule has 2 aromatic carbocycles. The Kier molecular flexibility index (Phi) is 6.72. The van der Waals surface area contributed by atoms with Crippen LogP contribution in [0.2, 0.25) is 0 Å². The van der Waals surface area contributed by atoms with Gasteiger partial charge < -0.3 is 10.1 Å². The summed E-state index contributed by atoms with van der Waals surface area (Å²) < 4.78 is 43.4. The van der Waals surface area contributed by atoms with Crippen LogP contribution >= 0.6 is 11.3 Å². The van der Waals surface area contributed by atoms with E-state index in [-0.39, 0.29) is 0 Å². The zero-order chi connectivity index (χ0) is 22.6. The van der Waals surface area contributed by atoms with Crippen molar-refractivity contribution >= 4 is 27.2 Å². The molecule has 0 atom stereocenters. The number of ether oxygens (including phenoxy) is 1. The summed E-state index contributed by atoms with van der Waals surface area (Å²) in [5.74, 6) is 0. The third-order valence-corrected chi connectivity index (χ3v) is 6.19. The molecule has 0 amide bonds. The smallest absolute Gasteiger partial charge is 0.378 e. The van der Waals surface area contributed by atoms with Crippen LogP contribution in [0.3, 0.4) is 0 Å². The molecule has 0 bridgehead atoms. The monoisotopic (exact) mass is 457 g/mol. The first-order valence-corrected chi connectivity index (χ1v) is 11.0. The second-order valence-electron chi connectivity index (χ2n) is 7.39. The number of benzene rings is 2. The van der Waals surface area contributed by atoms with Gasteiger partial charge in [-0.15, -0.1) is 0 Å².